The number of piperidine rings is 1. The molecule has 3 aliphatic rings. The van der Waals surface area contributed by atoms with Crippen LogP contribution in [0.3, 0.4) is 0 Å². The molecule has 24 heavy (non-hydrogen) atoms. The average molecular weight is 324 g/mol. The molecule has 2 N–H and O–H groups in total. The van der Waals surface area contributed by atoms with Crippen LogP contribution >= 0.6 is 0 Å². The van der Waals surface area contributed by atoms with E-state index in [0.29, 0.717) is 17.8 Å². The summed E-state index contributed by atoms with van der Waals surface area (Å²) in [5.41, 5.74) is 1.96. The summed E-state index contributed by atoms with van der Waals surface area (Å²) < 4.78 is 2.16. The van der Waals surface area contributed by atoms with E-state index in [2.05, 4.69) is 47.2 Å². The second-order valence-corrected chi connectivity index (χ2v) is 8.01. The van der Waals surface area contributed by atoms with Crippen LogP contribution in [0.4, 0.5) is 0 Å². The van der Waals surface area contributed by atoms with Crippen LogP contribution in [0.25, 0.3) is 5.52 Å². The summed E-state index contributed by atoms with van der Waals surface area (Å²) in [6.45, 7) is 6.26. The molecule has 4 atom stereocenters. The van der Waals surface area contributed by atoms with Gasteiger partial charge in [0.2, 0.25) is 5.91 Å². The van der Waals surface area contributed by atoms with Gasteiger partial charge in [-0.2, -0.15) is 0 Å². The van der Waals surface area contributed by atoms with Crippen molar-refractivity contribution in [3.8, 4) is 0 Å². The highest BCUT2D eigenvalue weighted by Gasteiger charge is 2.58. The standard InChI is InChI=1S/C19H24N4O/c1-11-4-3-7-23-15(11)10-21-18(23)19(2,12-5-6-12)22-17(24)16-13-8-20-9-14(13)16/h3-4,7,10,12-14,16,20H,5-6,8-9H2,1-2H3,(H,22,24)/t13-,14+,16?,19?. The number of imidazole rings is 1. The number of nitrogens with zero attached hydrogens (tertiary/aromatic N) is 2. The fraction of sp³-hybridized carbons (Fsp3) is 0.579. The van der Waals surface area contributed by atoms with Gasteiger partial charge in [-0.15, -0.1) is 0 Å². The minimum atomic E-state index is -0.373. The first-order valence-electron chi connectivity index (χ1n) is 9.05. The molecule has 2 aromatic rings. The van der Waals surface area contributed by atoms with Gasteiger partial charge in [-0.3, -0.25) is 4.79 Å². The quantitative estimate of drug-likeness (QED) is 0.902. The number of hydrogen-bond donors (Lipinski definition) is 2. The number of aryl methyl sites for hydroxylation is 1. The van der Waals surface area contributed by atoms with Gasteiger partial charge >= 0.3 is 0 Å². The maximum Gasteiger partial charge on any atom is 0.224 e. The third kappa shape index (κ3) is 1.97. The van der Waals surface area contributed by atoms with Gasteiger partial charge in [-0.25, -0.2) is 4.98 Å². The molecule has 126 valence electrons. The van der Waals surface area contributed by atoms with Crippen molar-refractivity contribution in [2.75, 3.05) is 13.1 Å². The lowest BCUT2D eigenvalue weighted by molar-refractivity contribution is -0.125. The van der Waals surface area contributed by atoms with E-state index in [-0.39, 0.29) is 17.4 Å². The summed E-state index contributed by atoms with van der Waals surface area (Å²) in [6, 6.07) is 4.16. The van der Waals surface area contributed by atoms with Gasteiger partial charge in [0.25, 0.3) is 0 Å². The number of carbonyl (C=O) groups excluding carboxylic acids is 1. The van der Waals surface area contributed by atoms with E-state index in [1.807, 2.05) is 6.20 Å². The zero-order valence-electron chi connectivity index (χ0n) is 14.2. The van der Waals surface area contributed by atoms with Gasteiger partial charge in [0.1, 0.15) is 5.82 Å². The number of hydrogen-bond acceptors (Lipinski definition) is 3. The Hall–Kier alpha value is -1.88. The molecule has 2 aliphatic carbocycles. The second kappa shape index (κ2) is 4.82. The minimum absolute atomic E-state index is 0.206. The number of amides is 1. The molecule has 2 aromatic heterocycles. The first kappa shape index (κ1) is 14.5. The monoisotopic (exact) mass is 324 g/mol. The molecular weight excluding hydrogens is 300 g/mol. The van der Waals surface area contributed by atoms with Gasteiger partial charge in [-0.1, -0.05) is 6.07 Å². The summed E-state index contributed by atoms with van der Waals surface area (Å²) in [6.07, 6.45) is 6.33. The third-order valence-electron chi connectivity index (χ3n) is 6.42. The summed E-state index contributed by atoms with van der Waals surface area (Å²) in [5.74, 6) is 2.99. The number of pyridine rings is 1. The van der Waals surface area contributed by atoms with Crippen molar-refractivity contribution >= 4 is 11.4 Å². The third-order valence-corrected chi connectivity index (χ3v) is 6.42. The summed E-state index contributed by atoms with van der Waals surface area (Å²) in [4.78, 5) is 17.6. The van der Waals surface area contributed by atoms with Gasteiger partial charge in [0, 0.05) is 12.1 Å². The Bertz CT molecular complexity index is 814. The highest BCUT2D eigenvalue weighted by atomic mass is 16.2. The van der Waals surface area contributed by atoms with Crippen molar-refractivity contribution in [2.45, 2.75) is 32.2 Å². The van der Waals surface area contributed by atoms with Crippen LogP contribution in [0.15, 0.2) is 24.5 Å². The number of fused-ring (bicyclic) bond motifs is 2. The molecule has 1 saturated heterocycles. The van der Waals surface area contributed by atoms with Crippen molar-refractivity contribution < 1.29 is 4.79 Å². The molecule has 2 unspecified atom stereocenters. The van der Waals surface area contributed by atoms with E-state index in [1.165, 1.54) is 5.56 Å². The molecule has 3 fully saturated rings. The predicted octanol–water partition coefficient (Wildman–Crippen LogP) is 1.85. The first-order chi connectivity index (χ1) is 11.6. The molecular formula is C19H24N4O. The van der Waals surface area contributed by atoms with Crippen molar-refractivity contribution in [1.29, 1.82) is 0 Å². The zero-order chi connectivity index (χ0) is 16.5. The van der Waals surface area contributed by atoms with Crippen molar-refractivity contribution in [2.24, 2.45) is 23.7 Å². The molecule has 3 heterocycles. The maximum absolute atomic E-state index is 12.9. The summed E-state index contributed by atoms with van der Waals surface area (Å²) in [7, 11) is 0. The maximum atomic E-state index is 12.9. The smallest absolute Gasteiger partial charge is 0.224 e. The van der Waals surface area contributed by atoms with Crippen molar-refractivity contribution in [3.63, 3.8) is 0 Å². The largest absolute Gasteiger partial charge is 0.343 e. The molecule has 5 nitrogen and oxygen atoms in total. The van der Waals surface area contributed by atoms with Crippen LogP contribution in [-0.2, 0) is 10.3 Å². The molecule has 1 amide bonds. The number of carbonyl (C=O) groups is 1. The van der Waals surface area contributed by atoms with E-state index in [1.54, 1.807) is 0 Å². The average Bonchev–Trinajstić information content (AvgIpc) is 3.44. The fourth-order valence-corrected chi connectivity index (χ4v) is 4.69. The molecule has 5 heteroatoms. The fourth-order valence-electron chi connectivity index (χ4n) is 4.69. The topological polar surface area (TPSA) is 58.4 Å². The molecule has 0 spiro atoms. The number of rotatable bonds is 4. The Balaban J connectivity index is 1.49. The molecule has 0 radical (unpaired) electrons. The van der Waals surface area contributed by atoms with E-state index < -0.39 is 0 Å². The Morgan fingerprint density at radius 1 is 1.38 bits per heavy atom. The molecule has 0 aromatic carbocycles. The van der Waals surface area contributed by atoms with Gasteiger partial charge in [0.05, 0.1) is 17.3 Å². The predicted molar refractivity (Wildman–Crippen MR) is 91.5 cm³/mol. The van der Waals surface area contributed by atoms with Crippen LogP contribution < -0.4 is 10.6 Å². The SMILES string of the molecule is Cc1cccn2c(C(C)(NC(=O)C3[C@H]4CNC[C@@H]34)C3CC3)ncc12. The highest BCUT2D eigenvalue weighted by Crippen LogP contribution is 2.51. The van der Waals surface area contributed by atoms with E-state index >= 15 is 0 Å². The lowest BCUT2D eigenvalue weighted by Gasteiger charge is -2.30. The highest BCUT2D eigenvalue weighted by molar-refractivity contribution is 5.83. The Morgan fingerprint density at radius 2 is 2.12 bits per heavy atom. The van der Waals surface area contributed by atoms with E-state index in [0.717, 1.165) is 37.3 Å². The van der Waals surface area contributed by atoms with Crippen LogP contribution in [-0.4, -0.2) is 28.4 Å². The minimum Gasteiger partial charge on any atom is -0.343 e. The number of nitrogens with one attached hydrogen (secondary N) is 2. The lowest BCUT2D eigenvalue weighted by atomic mass is 9.93. The molecule has 1 aliphatic heterocycles. The van der Waals surface area contributed by atoms with Gasteiger partial charge in [-0.05, 0) is 69.2 Å². The summed E-state index contributed by atoms with van der Waals surface area (Å²) in [5, 5.41) is 6.78. The summed E-state index contributed by atoms with van der Waals surface area (Å²) >= 11 is 0. The van der Waals surface area contributed by atoms with Crippen molar-refractivity contribution in [3.05, 3.63) is 35.9 Å². The Labute approximate surface area is 141 Å². The molecule has 5 rings (SSSR count). The number of aromatic nitrogens is 2. The van der Waals surface area contributed by atoms with Crippen LogP contribution in [0.1, 0.15) is 31.2 Å². The molecule has 2 saturated carbocycles. The Kier molecular flexibility index (Phi) is 2.90. The van der Waals surface area contributed by atoms with Crippen LogP contribution in [0, 0.1) is 30.6 Å². The van der Waals surface area contributed by atoms with Crippen LogP contribution in [0.2, 0.25) is 0 Å². The van der Waals surface area contributed by atoms with Gasteiger partial charge in [0.15, 0.2) is 0 Å². The zero-order valence-corrected chi connectivity index (χ0v) is 14.2. The van der Waals surface area contributed by atoms with Crippen molar-refractivity contribution in [1.82, 2.24) is 20.0 Å². The Morgan fingerprint density at radius 3 is 2.83 bits per heavy atom. The van der Waals surface area contributed by atoms with E-state index in [9.17, 15) is 4.79 Å². The lowest BCUT2D eigenvalue weighted by Crippen LogP contribution is -2.48. The van der Waals surface area contributed by atoms with Gasteiger partial charge < -0.3 is 15.0 Å². The molecule has 0 bridgehead atoms. The first-order valence-corrected chi connectivity index (χ1v) is 9.05. The van der Waals surface area contributed by atoms with Crippen LogP contribution in [0.5, 0.6) is 0 Å². The van der Waals surface area contributed by atoms with E-state index in [4.69, 9.17) is 4.98 Å². The second-order valence-electron chi connectivity index (χ2n) is 8.01. The normalized spacial score (nSPS) is 30.8.